The first-order valence-corrected chi connectivity index (χ1v) is 4.84. The van der Waals surface area contributed by atoms with Crippen LogP contribution in [0, 0.1) is 17.8 Å². The molecule has 0 heteroatoms. The van der Waals surface area contributed by atoms with Gasteiger partial charge in [0, 0.05) is 5.92 Å². The molecule has 0 saturated carbocycles. The summed E-state index contributed by atoms with van der Waals surface area (Å²) in [5.41, 5.74) is 1.64. The van der Waals surface area contributed by atoms with Gasteiger partial charge in [-0.05, 0) is 18.3 Å². The molecule has 0 aliphatic heterocycles. The summed E-state index contributed by atoms with van der Waals surface area (Å²) in [6, 6.07) is 0. The van der Waals surface area contributed by atoms with Crippen LogP contribution >= 0.6 is 0 Å². The van der Waals surface area contributed by atoms with E-state index in [2.05, 4.69) is 44.2 Å². The highest BCUT2D eigenvalue weighted by Gasteiger charge is 2.27. The quantitative estimate of drug-likeness (QED) is 0.516. The molecule has 2 rings (SSSR count). The van der Waals surface area contributed by atoms with Gasteiger partial charge < -0.3 is 0 Å². The number of rotatable bonds is 1. The molecule has 2 atom stereocenters. The van der Waals surface area contributed by atoms with E-state index in [1.807, 2.05) is 0 Å². The smallest absolute Gasteiger partial charge is 0.00483 e. The van der Waals surface area contributed by atoms with Gasteiger partial charge in [-0.1, -0.05) is 49.8 Å². The lowest BCUT2D eigenvalue weighted by Gasteiger charge is -2.21. The highest BCUT2D eigenvalue weighted by Crippen LogP contribution is 2.39. The monoisotopic (exact) mass is 160 g/mol. The molecule has 0 fully saturated rings. The van der Waals surface area contributed by atoms with Crippen LogP contribution in [0.5, 0.6) is 0 Å². The Hall–Kier alpha value is -0.780. The van der Waals surface area contributed by atoms with Crippen molar-refractivity contribution in [3.05, 3.63) is 36.0 Å². The maximum absolute atomic E-state index is 2.43. The summed E-state index contributed by atoms with van der Waals surface area (Å²) in [5.74, 6) is 2.21. The molecule has 2 unspecified atom stereocenters. The molecule has 2 aliphatic carbocycles. The van der Waals surface area contributed by atoms with Crippen molar-refractivity contribution >= 4 is 0 Å². The molecule has 0 bridgehead atoms. The molecule has 0 spiro atoms. The lowest BCUT2D eigenvalue weighted by molar-refractivity contribution is 0.537. The topological polar surface area (TPSA) is 0 Å². The lowest BCUT2D eigenvalue weighted by atomic mass is 9.84. The Labute approximate surface area is 74.7 Å². The minimum absolute atomic E-state index is 0.718. The molecule has 0 amide bonds. The first kappa shape index (κ1) is 7.85. The Bertz CT molecular complexity index is 253. The van der Waals surface area contributed by atoms with Gasteiger partial charge in [0.25, 0.3) is 0 Å². The van der Waals surface area contributed by atoms with Gasteiger partial charge in [-0.3, -0.25) is 0 Å². The zero-order valence-electron chi connectivity index (χ0n) is 7.83. The number of hydrogen-bond acceptors (Lipinski definition) is 0. The van der Waals surface area contributed by atoms with Crippen molar-refractivity contribution in [1.29, 1.82) is 0 Å². The molecule has 64 valence electrons. The van der Waals surface area contributed by atoms with Crippen LogP contribution in [0.1, 0.15) is 20.3 Å². The maximum Gasteiger partial charge on any atom is 0.00483 e. The van der Waals surface area contributed by atoms with Crippen LogP contribution < -0.4 is 0 Å². The van der Waals surface area contributed by atoms with E-state index in [9.17, 15) is 0 Å². The second kappa shape index (κ2) is 2.93. The van der Waals surface area contributed by atoms with Gasteiger partial charge >= 0.3 is 0 Å². The van der Waals surface area contributed by atoms with Gasteiger partial charge in [-0.25, -0.2) is 0 Å². The average Bonchev–Trinajstić information content (AvgIpc) is 2.47. The van der Waals surface area contributed by atoms with Gasteiger partial charge in [-0.15, -0.1) is 0 Å². The van der Waals surface area contributed by atoms with Gasteiger partial charge in [-0.2, -0.15) is 0 Å². The molecule has 0 saturated heterocycles. The zero-order valence-corrected chi connectivity index (χ0v) is 7.83. The fraction of sp³-hybridized carbons (Fsp3) is 0.500. The Morgan fingerprint density at radius 2 is 2.00 bits per heavy atom. The fourth-order valence-electron chi connectivity index (χ4n) is 2.27. The van der Waals surface area contributed by atoms with Gasteiger partial charge in [0.05, 0.1) is 0 Å². The standard InChI is InChI=1S/C12H16/c1-9(2)11-8-7-10-5-3-4-6-12(10)11/h3-6,8-10,12H,7H2,1-2H3. The van der Waals surface area contributed by atoms with Gasteiger partial charge in [0.1, 0.15) is 0 Å². The van der Waals surface area contributed by atoms with Crippen LogP contribution in [0.15, 0.2) is 36.0 Å². The maximum atomic E-state index is 2.43. The Morgan fingerprint density at radius 1 is 1.25 bits per heavy atom. The van der Waals surface area contributed by atoms with Gasteiger partial charge in [0.15, 0.2) is 0 Å². The largest absolute Gasteiger partial charge is 0.0838 e. The zero-order chi connectivity index (χ0) is 8.55. The summed E-state index contributed by atoms with van der Waals surface area (Å²) in [5, 5.41) is 0. The summed E-state index contributed by atoms with van der Waals surface area (Å²) in [6.07, 6.45) is 12.7. The molecule has 0 aromatic heterocycles. The van der Waals surface area contributed by atoms with Crippen molar-refractivity contribution in [3.63, 3.8) is 0 Å². The molecule has 0 radical (unpaired) electrons. The predicted octanol–water partition coefficient (Wildman–Crippen LogP) is 3.33. The summed E-state index contributed by atoms with van der Waals surface area (Å²) in [7, 11) is 0. The lowest BCUT2D eigenvalue weighted by Crippen LogP contribution is -2.11. The van der Waals surface area contributed by atoms with Crippen molar-refractivity contribution in [2.24, 2.45) is 17.8 Å². The number of allylic oxidation sites excluding steroid dienone is 6. The fourth-order valence-corrected chi connectivity index (χ4v) is 2.27. The molecular formula is C12H16. The van der Waals surface area contributed by atoms with E-state index in [0.717, 1.165) is 17.8 Å². The molecule has 0 heterocycles. The number of hydrogen-bond donors (Lipinski definition) is 0. The Balaban J connectivity index is 2.20. The van der Waals surface area contributed by atoms with Crippen LogP contribution in [-0.2, 0) is 0 Å². The van der Waals surface area contributed by atoms with E-state index >= 15 is 0 Å². The molecule has 0 aromatic carbocycles. The van der Waals surface area contributed by atoms with Crippen molar-refractivity contribution in [1.82, 2.24) is 0 Å². The summed E-state index contributed by atoms with van der Waals surface area (Å²) < 4.78 is 0. The second-order valence-corrected chi connectivity index (χ2v) is 4.05. The predicted molar refractivity (Wildman–Crippen MR) is 52.8 cm³/mol. The molecular weight excluding hydrogens is 144 g/mol. The summed E-state index contributed by atoms with van der Waals surface area (Å²) >= 11 is 0. The van der Waals surface area contributed by atoms with E-state index in [4.69, 9.17) is 0 Å². The molecule has 0 nitrogen and oxygen atoms in total. The minimum Gasteiger partial charge on any atom is -0.0838 e. The highest BCUT2D eigenvalue weighted by molar-refractivity contribution is 5.30. The average molecular weight is 160 g/mol. The van der Waals surface area contributed by atoms with Crippen LogP contribution in [-0.4, -0.2) is 0 Å². The third-order valence-corrected chi connectivity index (χ3v) is 2.93. The van der Waals surface area contributed by atoms with Crippen LogP contribution in [0.3, 0.4) is 0 Å². The van der Waals surface area contributed by atoms with E-state index in [1.54, 1.807) is 5.57 Å². The van der Waals surface area contributed by atoms with Crippen molar-refractivity contribution in [2.75, 3.05) is 0 Å². The Kier molecular flexibility index (Phi) is 1.92. The molecule has 0 N–H and O–H groups in total. The van der Waals surface area contributed by atoms with Crippen molar-refractivity contribution in [2.45, 2.75) is 20.3 Å². The van der Waals surface area contributed by atoms with Gasteiger partial charge in [0.2, 0.25) is 0 Å². The highest BCUT2D eigenvalue weighted by atomic mass is 14.3. The first-order chi connectivity index (χ1) is 5.79. The Morgan fingerprint density at radius 3 is 2.75 bits per heavy atom. The van der Waals surface area contributed by atoms with E-state index in [1.165, 1.54) is 6.42 Å². The normalized spacial score (nSPS) is 32.4. The van der Waals surface area contributed by atoms with Crippen LogP contribution in [0.25, 0.3) is 0 Å². The first-order valence-electron chi connectivity index (χ1n) is 4.84. The summed E-state index contributed by atoms with van der Waals surface area (Å²) in [6.45, 7) is 4.58. The van der Waals surface area contributed by atoms with E-state index in [0.29, 0.717) is 0 Å². The third kappa shape index (κ3) is 1.16. The van der Waals surface area contributed by atoms with E-state index < -0.39 is 0 Å². The second-order valence-electron chi connectivity index (χ2n) is 4.05. The van der Waals surface area contributed by atoms with Crippen molar-refractivity contribution < 1.29 is 0 Å². The molecule has 0 aromatic rings. The molecule has 12 heavy (non-hydrogen) atoms. The van der Waals surface area contributed by atoms with Crippen LogP contribution in [0.4, 0.5) is 0 Å². The number of fused-ring (bicyclic) bond motifs is 1. The van der Waals surface area contributed by atoms with Crippen LogP contribution in [0.2, 0.25) is 0 Å². The summed E-state index contributed by atoms with van der Waals surface area (Å²) in [4.78, 5) is 0. The SMILES string of the molecule is CC(C)C1=CCC2C=CC=CC12. The molecule has 2 aliphatic rings. The minimum atomic E-state index is 0.718. The third-order valence-electron chi connectivity index (χ3n) is 2.93. The van der Waals surface area contributed by atoms with E-state index in [-0.39, 0.29) is 0 Å². The van der Waals surface area contributed by atoms with Crippen molar-refractivity contribution in [3.8, 4) is 0 Å².